The Morgan fingerprint density at radius 1 is 1.08 bits per heavy atom. The third-order valence-corrected chi connectivity index (χ3v) is 10.4. The second-order valence-corrected chi connectivity index (χ2v) is 14.4. The van der Waals surface area contributed by atoms with Crippen molar-refractivity contribution < 1.29 is 29.0 Å². The SMILES string of the molecule is CC[C@@H]1C(=O)N(C)c2cnc(Nc3ccc(C(=O)N[C@H]4CC[C@@H](CCC(=O)N[C@@H](CC(C)C)C(=O)O)CC4)cc3OC)nc2N1C1CCCC1. The van der Waals surface area contributed by atoms with Crippen LogP contribution in [0.5, 0.6) is 5.75 Å². The molecular formula is C37H53N7O6. The van der Waals surface area contributed by atoms with E-state index >= 15 is 0 Å². The Hall–Kier alpha value is -4.42. The number of methoxy groups -OCH3 is 1. The molecule has 13 heteroatoms. The molecule has 4 N–H and O–H groups in total. The van der Waals surface area contributed by atoms with Gasteiger partial charge in [-0.15, -0.1) is 0 Å². The van der Waals surface area contributed by atoms with Crippen LogP contribution in [0, 0.1) is 11.8 Å². The van der Waals surface area contributed by atoms with Crippen LogP contribution in [0.2, 0.25) is 0 Å². The summed E-state index contributed by atoms with van der Waals surface area (Å²) < 4.78 is 5.67. The third kappa shape index (κ3) is 8.65. The van der Waals surface area contributed by atoms with Crippen molar-refractivity contribution in [3.05, 3.63) is 30.0 Å². The molecule has 0 spiro atoms. The highest BCUT2D eigenvalue weighted by Crippen LogP contribution is 2.40. The van der Waals surface area contributed by atoms with Gasteiger partial charge in [-0.2, -0.15) is 4.98 Å². The van der Waals surface area contributed by atoms with E-state index < -0.39 is 12.0 Å². The van der Waals surface area contributed by atoms with Crippen molar-refractivity contribution in [1.29, 1.82) is 0 Å². The Morgan fingerprint density at radius 3 is 2.44 bits per heavy atom. The predicted molar refractivity (Wildman–Crippen MR) is 192 cm³/mol. The average Bonchev–Trinajstić information content (AvgIpc) is 3.63. The maximum absolute atomic E-state index is 13.3. The first-order valence-corrected chi connectivity index (χ1v) is 18.2. The number of aromatic nitrogens is 2. The average molecular weight is 692 g/mol. The highest BCUT2D eigenvalue weighted by molar-refractivity contribution is 6.04. The molecule has 2 fully saturated rings. The van der Waals surface area contributed by atoms with Crippen LogP contribution in [0.4, 0.5) is 23.1 Å². The van der Waals surface area contributed by atoms with E-state index in [1.807, 2.05) is 20.8 Å². The molecule has 2 aliphatic carbocycles. The Balaban J connectivity index is 1.17. The number of ether oxygens (including phenoxy) is 1. The van der Waals surface area contributed by atoms with Crippen LogP contribution < -0.4 is 30.5 Å². The lowest BCUT2D eigenvalue weighted by Gasteiger charge is -2.43. The molecule has 3 amide bonds. The first-order valence-electron chi connectivity index (χ1n) is 18.2. The number of rotatable bonds is 14. The Labute approximate surface area is 294 Å². The standard InChI is InChI=1S/C37H53N7O6/c1-6-29-35(47)43(4)30-21-38-37(42-33(30)44(29)26-9-7-8-10-26)41-27-17-14-24(20-31(27)50-5)34(46)39-25-15-11-23(12-16-25)13-18-32(45)40-28(36(48)49)19-22(2)3/h14,17,20-23,25-26,28-29H,6-13,15-16,18-19H2,1-5H3,(H,39,46)(H,40,45)(H,48,49)(H,38,41,42)/t23-,25+,28-,29+/m0/s1. The fourth-order valence-electron chi connectivity index (χ4n) is 7.66. The quantitative estimate of drug-likeness (QED) is 0.201. The van der Waals surface area contributed by atoms with Gasteiger partial charge in [0, 0.05) is 31.1 Å². The third-order valence-electron chi connectivity index (χ3n) is 10.4. The van der Waals surface area contributed by atoms with Gasteiger partial charge in [0.15, 0.2) is 5.82 Å². The molecule has 272 valence electrons. The molecule has 1 aliphatic heterocycles. The number of carboxylic acids is 1. The van der Waals surface area contributed by atoms with E-state index in [9.17, 15) is 24.3 Å². The van der Waals surface area contributed by atoms with Crippen molar-refractivity contribution in [3.8, 4) is 5.75 Å². The summed E-state index contributed by atoms with van der Waals surface area (Å²) in [5.41, 5.74) is 1.79. The molecule has 2 aromatic rings. The molecule has 0 saturated heterocycles. The van der Waals surface area contributed by atoms with Crippen LogP contribution in [0.3, 0.4) is 0 Å². The zero-order valence-corrected chi connectivity index (χ0v) is 30.0. The van der Waals surface area contributed by atoms with Crippen LogP contribution in [0.25, 0.3) is 0 Å². The van der Waals surface area contributed by atoms with E-state index in [-0.39, 0.29) is 41.8 Å². The Bertz CT molecular complexity index is 1540. The van der Waals surface area contributed by atoms with Gasteiger partial charge in [-0.1, -0.05) is 33.6 Å². The van der Waals surface area contributed by atoms with Crippen LogP contribution in [0.1, 0.15) is 108 Å². The molecule has 0 bridgehead atoms. The van der Waals surface area contributed by atoms with Gasteiger partial charge in [0.2, 0.25) is 17.8 Å². The molecule has 0 radical (unpaired) electrons. The number of carbonyl (C=O) groups excluding carboxylic acids is 3. The largest absolute Gasteiger partial charge is 0.495 e. The lowest BCUT2D eigenvalue weighted by atomic mass is 9.83. The van der Waals surface area contributed by atoms with Crippen molar-refractivity contribution in [2.24, 2.45) is 11.8 Å². The van der Waals surface area contributed by atoms with Crippen molar-refractivity contribution in [3.63, 3.8) is 0 Å². The number of nitrogens with one attached hydrogen (secondary N) is 3. The monoisotopic (exact) mass is 691 g/mol. The minimum atomic E-state index is -1.00. The molecule has 3 aliphatic rings. The number of aliphatic carboxylic acids is 1. The summed E-state index contributed by atoms with van der Waals surface area (Å²) in [4.78, 5) is 63.7. The number of carbonyl (C=O) groups is 4. The van der Waals surface area contributed by atoms with Gasteiger partial charge >= 0.3 is 5.97 Å². The van der Waals surface area contributed by atoms with E-state index in [4.69, 9.17) is 9.72 Å². The van der Waals surface area contributed by atoms with Gasteiger partial charge < -0.3 is 35.6 Å². The number of fused-ring (bicyclic) bond motifs is 1. The number of carboxylic acid groups (broad SMARTS) is 1. The highest BCUT2D eigenvalue weighted by Gasteiger charge is 2.41. The number of benzene rings is 1. The van der Waals surface area contributed by atoms with Gasteiger partial charge in [0.25, 0.3) is 5.91 Å². The van der Waals surface area contributed by atoms with E-state index in [2.05, 4.69) is 25.8 Å². The maximum atomic E-state index is 13.3. The molecule has 2 atom stereocenters. The molecule has 1 aromatic heterocycles. The van der Waals surface area contributed by atoms with Crippen molar-refractivity contribution in [2.75, 3.05) is 29.3 Å². The van der Waals surface area contributed by atoms with E-state index in [0.29, 0.717) is 60.2 Å². The second-order valence-electron chi connectivity index (χ2n) is 14.4. The lowest BCUT2D eigenvalue weighted by molar-refractivity contribution is -0.142. The zero-order chi connectivity index (χ0) is 35.9. The summed E-state index contributed by atoms with van der Waals surface area (Å²) in [6, 6.07) is 4.41. The van der Waals surface area contributed by atoms with Gasteiger partial charge in [-0.25, -0.2) is 9.78 Å². The minimum Gasteiger partial charge on any atom is -0.495 e. The van der Waals surface area contributed by atoms with Crippen LogP contribution >= 0.6 is 0 Å². The Morgan fingerprint density at radius 2 is 1.80 bits per heavy atom. The smallest absolute Gasteiger partial charge is 0.326 e. The van der Waals surface area contributed by atoms with Crippen LogP contribution in [-0.2, 0) is 14.4 Å². The highest BCUT2D eigenvalue weighted by atomic mass is 16.5. The fourth-order valence-corrected chi connectivity index (χ4v) is 7.66. The Kier molecular flexibility index (Phi) is 12.2. The number of hydrogen-bond donors (Lipinski definition) is 4. The predicted octanol–water partition coefficient (Wildman–Crippen LogP) is 5.42. The summed E-state index contributed by atoms with van der Waals surface area (Å²) >= 11 is 0. The molecule has 2 saturated carbocycles. The van der Waals surface area contributed by atoms with Gasteiger partial charge in [0.1, 0.15) is 23.5 Å². The second kappa shape index (κ2) is 16.5. The van der Waals surface area contributed by atoms with E-state index in [1.54, 1.807) is 43.5 Å². The van der Waals surface area contributed by atoms with E-state index in [0.717, 1.165) is 57.2 Å². The molecule has 0 unspecified atom stereocenters. The number of anilines is 4. The van der Waals surface area contributed by atoms with Crippen molar-refractivity contribution in [1.82, 2.24) is 20.6 Å². The minimum absolute atomic E-state index is 0.0301. The summed E-state index contributed by atoms with van der Waals surface area (Å²) in [5, 5.41) is 18.5. The molecular weight excluding hydrogens is 638 g/mol. The van der Waals surface area contributed by atoms with Crippen molar-refractivity contribution in [2.45, 2.75) is 122 Å². The van der Waals surface area contributed by atoms with Gasteiger partial charge in [-0.3, -0.25) is 14.4 Å². The maximum Gasteiger partial charge on any atom is 0.326 e. The fraction of sp³-hybridized carbons (Fsp3) is 0.622. The van der Waals surface area contributed by atoms with Gasteiger partial charge in [-0.05, 0) is 87.8 Å². The molecule has 1 aromatic carbocycles. The first-order chi connectivity index (χ1) is 24.0. The molecule has 2 heterocycles. The summed E-state index contributed by atoms with van der Waals surface area (Å²) in [6.45, 7) is 5.91. The number of likely N-dealkylation sites (N-methyl/N-ethyl adjacent to an activating group) is 1. The number of hydrogen-bond acceptors (Lipinski definition) is 9. The molecule has 50 heavy (non-hydrogen) atoms. The van der Waals surface area contributed by atoms with Crippen LogP contribution in [0.15, 0.2) is 24.4 Å². The summed E-state index contributed by atoms with van der Waals surface area (Å²) in [7, 11) is 3.33. The lowest BCUT2D eigenvalue weighted by Crippen LogP contribution is -2.55. The summed E-state index contributed by atoms with van der Waals surface area (Å²) in [6.07, 6.45) is 11.5. The first kappa shape index (κ1) is 36.9. The van der Waals surface area contributed by atoms with Crippen LogP contribution in [-0.4, -0.2) is 77.1 Å². The number of nitrogens with zero attached hydrogens (tertiary/aromatic N) is 4. The number of amides is 3. The topological polar surface area (TPSA) is 166 Å². The molecule has 13 nitrogen and oxygen atoms in total. The van der Waals surface area contributed by atoms with Crippen molar-refractivity contribution >= 4 is 46.8 Å². The summed E-state index contributed by atoms with van der Waals surface area (Å²) in [5.74, 6) is 0.801. The normalized spacial score (nSPS) is 21.5. The molecule has 5 rings (SSSR count). The van der Waals surface area contributed by atoms with E-state index in [1.165, 1.54) is 0 Å². The zero-order valence-electron chi connectivity index (χ0n) is 30.0. The van der Waals surface area contributed by atoms with Gasteiger partial charge in [0.05, 0.1) is 19.0 Å².